The van der Waals surface area contributed by atoms with Crippen LogP contribution >= 0.6 is 35.6 Å². The predicted molar refractivity (Wildman–Crippen MR) is 97.5 cm³/mol. The minimum absolute atomic E-state index is 0. The summed E-state index contributed by atoms with van der Waals surface area (Å²) in [5.74, 6) is 0.538. The first-order chi connectivity index (χ1) is 10.3. The van der Waals surface area contributed by atoms with Crippen LogP contribution in [0.4, 0.5) is 0 Å². The zero-order valence-corrected chi connectivity index (χ0v) is 15.7. The number of rotatable bonds is 2. The average molecular weight is 378 g/mol. The van der Waals surface area contributed by atoms with E-state index in [1.165, 1.54) is 0 Å². The molecular formula is C17H23Cl3N2O. The SMILES string of the molecule is CC1(C)CN(C(=O)C2CC2c2ccc(Cl)cc2Cl)CCC1N.Cl. The third-order valence-corrected chi connectivity index (χ3v) is 5.66. The van der Waals surface area contributed by atoms with Crippen LogP contribution in [0.25, 0.3) is 0 Å². The van der Waals surface area contributed by atoms with Crippen LogP contribution in [0.1, 0.15) is 38.2 Å². The van der Waals surface area contributed by atoms with Crippen molar-refractivity contribution in [2.24, 2.45) is 17.1 Å². The van der Waals surface area contributed by atoms with E-state index >= 15 is 0 Å². The lowest BCUT2D eigenvalue weighted by Crippen LogP contribution is -2.54. The van der Waals surface area contributed by atoms with Crippen molar-refractivity contribution in [1.82, 2.24) is 4.90 Å². The monoisotopic (exact) mass is 376 g/mol. The van der Waals surface area contributed by atoms with E-state index in [2.05, 4.69) is 13.8 Å². The zero-order chi connectivity index (χ0) is 16.1. The number of nitrogens with two attached hydrogens (primary N) is 1. The molecule has 128 valence electrons. The van der Waals surface area contributed by atoms with Crippen LogP contribution in [-0.4, -0.2) is 29.9 Å². The van der Waals surface area contributed by atoms with E-state index in [0.29, 0.717) is 10.0 Å². The van der Waals surface area contributed by atoms with E-state index in [9.17, 15) is 4.79 Å². The van der Waals surface area contributed by atoms with Gasteiger partial charge in [-0.2, -0.15) is 0 Å². The van der Waals surface area contributed by atoms with Crippen molar-refractivity contribution in [3.63, 3.8) is 0 Å². The Kier molecular flexibility index (Phi) is 5.57. The third-order valence-electron chi connectivity index (χ3n) is 5.09. The maximum atomic E-state index is 12.7. The largest absolute Gasteiger partial charge is 0.342 e. The second-order valence-electron chi connectivity index (χ2n) is 7.26. The van der Waals surface area contributed by atoms with Gasteiger partial charge in [-0.25, -0.2) is 0 Å². The Bertz CT molecular complexity index is 606. The normalized spacial score (nSPS) is 28.9. The predicted octanol–water partition coefficient (Wildman–Crippen LogP) is 4.10. The molecule has 0 aromatic heterocycles. The van der Waals surface area contributed by atoms with Crippen LogP contribution in [-0.2, 0) is 4.79 Å². The molecule has 23 heavy (non-hydrogen) atoms. The molecule has 1 aromatic rings. The van der Waals surface area contributed by atoms with E-state index in [0.717, 1.165) is 31.5 Å². The number of piperidine rings is 1. The molecule has 2 aliphatic rings. The summed E-state index contributed by atoms with van der Waals surface area (Å²) in [4.78, 5) is 14.7. The number of hydrogen-bond acceptors (Lipinski definition) is 2. The summed E-state index contributed by atoms with van der Waals surface area (Å²) in [6.45, 7) is 5.78. The Labute approximate surface area is 153 Å². The summed E-state index contributed by atoms with van der Waals surface area (Å²) in [6, 6.07) is 5.70. The molecule has 2 fully saturated rings. The average Bonchev–Trinajstić information content (AvgIpc) is 3.21. The van der Waals surface area contributed by atoms with Gasteiger partial charge in [-0.05, 0) is 41.9 Å². The Morgan fingerprint density at radius 3 is 2.65 bits per heavy atom. The molecule has 1 saturated heterocycles. The van der Waals surface area contributed by atoms with Crippen LogP contribution in [0.2, 0.25) is 10.0 Å². The molecule has 1 saturated carbocycles. The lowest BCUT2D eigenvalue weighted by atomic mass is 9.79. The van der Waals surface area contributed by atoms with Crippen molar-refractivity contribution < 1.29 is 4.79 Å². The number of likely N-dealkylation sites (tertiary alicyclic amines) is 1. The second-order valence-corrected chi connectivity index (χ2v) is 8.10. The number of nitrogens with zero attached hydrogens (tertiary/aromatic N) is 1. The fourth-order valence-electron chi connectivity index (χ4n) is 3.41. The summed E-state index contributed by atoms with van der Waals surface area (Å²) in [7, 11) is 0. The van der Waals surface area contributed by atoms with Gasteiger partial charge in [-0.15, -0.1) is 12.4 Å². The molecule has 1 heterocycles. The minimum atomic E-state index is -0.0176. The van der Waals surface area contributed by atoms with Crippen LogP contribution in [0.5, 0.6) is 0 Å². The number of halogens is 3. The Morgan fingerprint density at radius 1 is 1.35 bits per heavy atom. The summed E-state index contributed by atoms with van der Waals surface area (Å²) in [6.07, 6.45) is 1.75. The van der Waals surface area contributed by atoms with Gasteiger partial charge in [-0.1, -0.05) is 43.1 Å². The van der Waals surface area contributed by atoms with E-state index in [1.54, 1.807) is 6.07 Å². The lowest BCUT2D eigenvalue weighted by Gasteiger charge is -2.42. The van der Waals surface area contributed by atoms with Crippen LogP contribution in [0, 0.1) is 11.3 Å². The maximum absolute atomic E-state index is 12.7. The van der Waals surface area contributed by atoms with E-state index < -0.39 is 0 Å². The van der Waals surface area contributed by atoms with Crippen LogP contribution in [0.3, 0.4) is 0 Å². The third kappa shape index (κ3) is 3.79. The number of carbonyl (C=O) groups excluding carboxylic acids is 1. The van der Waals surface area contributed by atoms with Gasteiger partial charge in [0, 0.05) is 35.1 Å². The highest BCUT2D eigenvalue weighted by atomic mass is 35.5. The number of hydrogen-bond donors (Lipinski definition) is 1. The standard InChI is InChI=1S/C17H22Cl2N2O.ClH/c1-17(2)9-21(6-5-15(17)20)16(22)13-8-12(13)11-4-3-10(18)7-14(11)19;/h3-4,7,12-13,15H,5-6,8-9,20H2,1-2H3;1H. The lowest BCUT2D eigenvalue weighted by molar-refractivity contribution is -0.136. The van der Waals surface area contributed by atoms with Crippen molar-refractivity contribution in [2.45, 2.75) is 38.6 Å². The van der Waals surface area contributed by atoms with Gasteiger partial charge < -0.3 is 10.6 Å². The maximum Gasteiger partial charge on any atom is 0.226 e. The molecule has 0 spiro atoms. The highest BCUT2D eigenvalue weighted by Crippen LogP contribution is 2.51. The van der Waals surface area contributed by atoms with Gasteiger partial charge >= 0.3 is 0 Å². The Morgan fingerprint density at radius 2 is 2.04 bits per heavy atom. The van der Waals surface area contributed by atoms with Gasteiger partial charge in [0.1, 0.15) is 0 Å². The molecule has 3 unspecified atom stereocenters. The first kappa shape index (κ1) is 18.9. The smallest absolute Gasteiger partial charge is 0.226 e. The summed E-state index contributed by atoms with van der Waals surface area (Å²) < 4.78 is 0. The molecule has 1 aromatic carbocycles. The van der Waals surface area contributed by atoms with E-state index in [1.807, 2.05) is 17.0 Å². The Balaban J connectivity index is 0.00000192. The highest BCUT2D eigenvalue weighted by Gasteiger charge is 2.48. The van der Waals surface area contributed by atoms with E-state index in [4.69, 9.17) is 28.9 Å². The van der Waals surface area contributed by atoms with E-state index in [-0.39, 0.29) is 41.6 Å². The zero-order valence-electron chi connectivity index (χ0n) is 13.4. The van der Waals surface area contributed by atoms with Crippen molar-refractivity contribution in [3.05, 3.63) is 33.8 Å². The summed E-state index contributed by atoms with van der Waals surface area (Å²) in [5, 5.41) is 1.29. The van der Waals surface area contributed by atoms with Gasteiger partial charge in [0.2, 0.25) is 5.91 Å². The van der Waals surface area contributed by atoms with Crippen LogP contribution < -0.4 is 5.73 Å². The molecule has 0 bridgehead atoms. The molecule has 3 nitrogen and oxygen atoms in total. The van der Waals surface area contributed by atoms with Crippen molar-refractivity contribution >= 4 is 41.5 Å². The molecular weight excluding hydrogens is 355 g/mol. The topological polar surface area (TPSA) is 46.3 Å². The molecule has 2 N–H and O–H groups in total. The fraction of sp³-hybridized carbons (Fsp3) is 0.588. The molecule has 1 aliphatic carbocycles. The number of amides is 1. The summed E-state index contributed by atoms with van der Waals surface area (Å²) in [5.41, 5.74) is 7.17. The van der Waals surface area contributed by atoms with Gasteiger partial charge in [0.05, 0.1) is 0 Å². The van der Waals surface area contributed by atoms with Crippen molar-refractivity contribution in [3.8, 4) is 0 Å². The highest BCUT2D eigenvalue weighted by molar-refractivity contribution is 6.35. The minimum Gasteiger partial charge on any atom is -0.342 e. The van der Waals surface area contributed by atoms with Crippen molar-refractivity contribution in [1.29, 1.82) is 0 Å². The van der Waals surface area contributed by atoms with Gasteiger partial charge in [0.15, 0.2) is 0 Å². The number of carbonyl (C=O) groups is 1. The van der Waals surface area contributed by atoms with Gasteiger partial charge in [-0.3, -0.25) is 4.79 Å². The first-order valence-corrected chi connectivity index (χ1v) is 8.54. The molecule has 1 aliphatic heterocycles. The fourth-order valence-corrected chi connectivity index (χ4v) is 3.96. The van der Waals surface area contributed by atoms with Gasteiger partial charge in [0.25, 0.3) is 0 Å². The molecule has 6 heteroatoms. The molecule has 1 amide bonds. The second kappa shape index (κ2) is 6.79. The van der Waals surface area contributed by atoms with Crippen molar-refractivity contribution in [2.75, 3.05) is 13.1 Å². The Hall–Kier alpha value is -0.480. The van der Waals surface area contributed by atoms with Crippen LogP contribution in [0.15, 0.2) is 18.2 Å². The molecule has 0 radical (unpaired) electrons. The molecule has 3 rings (SSSR count). The first-order valence-electron chi connectivity index (χ1n) is 7.79. The quantitative estimate of drug-likeness (QED) is 0.843. The molecule has 3 atom stereocenters. The number of benzene rings is 1. The summed E-state index contributed by atoms with van der Waals surface area (Å²) >= 11 is 12.2.